The molecule has 6 aliphatic rings. The Labute approximate surface area is 809 Å². The number of nitrogens with one attached hydrogen (secondary N) is 8. The van der Waals surface area contributed by atoms with E-state index in [4.69, 9.17) is 113 Å². The van der Waals surface area contributed by atoms with Crippen molar-refractivity contribution in [3.05, 3.63) is 223 Å². The molecule has 0 amide bonds. The second-order valence-electron chi connectivity index (χ2n) is 34.5. The van der Waals surface area contributed by atoms with Gasteiger partial charge in [0, 0.05) is 203 Å². The van der Waals surface area contributed by atoms with Gasteiger partial charge in [0.2, 0.25) is 29.7 Å². The summed E-state index contributed by atoms with van der Waals surface area (Å²) >= 11 is 40.6. The first kappa shape index (κ1) is 95.4. The number of ether oxygens (including phenoxy) is 1. The smallest absolute Gasteiger partial charge is 0.227 e. The number of piperazine rings is 1. The number of nitrogens with zero attached hydrogens (tertiary/aromatic N) is 18. The fraction of sp³-hybridized carbons (Fsp3) is 0.347. The van der Waals surface area contributed by atoms with Crippen LogP contribution >= 0.6 is 83.7 Å². The molecule has 34 heteroatoms. The molecule has 0 radical (unpaired) electrons. The Morgan fingerprint density at radius 2 is 0.886 bits per heavy atom. The van der Waals surface area contributed by atoms with Crippen molar-refractivity contribution in [1.82, 2.24) is 84.3 Å². The van der Waals surface area contributed by atoms with Crippen molar-refractivity contribution in [2.75, 3.05) is 163 Å². The van der Waals surface area contributed by atoms with Crippen LogP contribution in [0.3, 0.4) is 0 Å². The number of rotatable bonds is 23. The monoisotopic (exact) mass is 1900 g/mol. The van der Waals surface area contributed by atoms with Gasteiger partial charge < -0.3 is 76.7 Å². The van der Waals surface area contributed by atoms with Crippen LogP contribution in [0.15, 0.2) is 147 Å². The van der Waals surface area contributed by atoms with Crippen molar-refractivity contribution in [3.63, 3.8) is 0 Å². The molecule has 12 aromatic rings. The zero-order valence-corrected chi connectivity index (χ0v) is 82.0. The third-order valence-corrected chi connectivity index (χ3v) is 25.5. The van der Waals surface area contributed by atoms with Gasteiger partial charge >= 0.3 is 0 Å². The zero-order valence-electron chi connectivity index (χ0n) is 76.5. The van der Waals surface area contributed by atoms with Crippen LogP contribution in [0.4, 0.5) is 75.1 Å². The van der Waals surface area contributed by atoms with Gasteiger partial charge in [-0.1, -0.05) is 103 Å². The minimum Gasteiger partial charge on any atom is -0.481 e. The lowest BCUT2D eigenvalue weighted by molar-refractivity contribution is 0.155. The highest BCUT2D eigenvalue weighted by Gasteiger charge is 2.28. The van der Waals surface area contributed by atoms with Crippen LogP contribution < -0.4 is 52.2 Å². The van der Waals surface area contributed by atoms with Crippen molar-refractivity contribution in [2.45, 2.75) is 111 Å². The van der Waals surface area contributed by atoms with Crippen LogP contribution in [0.25, 0.3) is 45.0 Å². The third kappa shape index (κ3) is 24.8. The molecule has 0 bridgehead atoms. The number of anilines is 13. The van der Waals surface area contributed by atoms with Crippen molar-refractivity contribution < 1.29 is 4.74 Å². The largest absolute Gasteiger partial charge is 0.481 e. The lowest BCUT2D eigenvalue weighted by Crippen LogP contribution is -2.45. The van der Waals surface area contributed by atoms with Gasteiger partial charge in [0.25, 0.3) is 0 Å². The fourth-order valence-electron chi connectivity index (χ4n) is 16.5. The minimum atomic E-state index is 0.490. The first-order valence-electron chi connectivity index (χ1n) is 44.4. The number of aryl methyl sites for hydroxylation is 6. The number of pyridine rings is 4. The van der Waals surface area contributed by atoms with Gasteiger partial charge in [-0.15, -0.1) is 0 Å². The molecule has 14 heterocycles. The Kier molecular flexibility index (Phi) is 31.9. The van der Waals surface area contributed by atoms with Crippen molar-refractivity contribution >= 4 is 179 Å². The van der Waals surface area contributed by atoms with Gasteiger partial charge in [-0.3, -0.25) is 9.97 Å². The summed E-state index contributed by atoms with van der Waals surface area (Å²) in [7, 11) is 16.5. The van der Waals surface area contributed by atoms with E-state index in [0.717, 1.165) is 254 Å². The van der Waals surface area contributed by atoms with E-state index >= 15 is 0 Å². The number of thiocarbonyl (C=S) groups is 4. The highest BCUT2D eigenvalue weighted by atomic mass is 35.5. The van der Waals surface area contributed by atoms with Gasteiger partial charge in [0.1, 0.15) is 5.82 Å². The lowest BCUT2D eigenvalue weighted by Gasteiger charge is -2.37. The topological polar surface area (TPSA) is 280 Å². The van der Waals surface area contributed by atoms with Crippen molar-refractivity contribution in [1.29, 1.82) is 0 Å². The van der Waals surface area contributed by atoms with Gasteiger partial charge in [0.15, 0.2) is 0 Å². The van der Waals surface area contributed by atoms with Crippen LogP contribution in [0, 0.1) is 20.8 Å². The summed E-state index contributed by atoms with van der Waals surface area (Å²) in [5.41, 5.74) is 25.9. The van der Waals surface area contributed by atoms with E-state index in [1.807, 2.05) is 119 Å². The molecule has 0 aliphatic carbocycles. The van der Waals surface area contributed by atoms with Crippen LogP contribution in [0.5, 0.6) is 5.88 Å². The summed E-state index contributed by atoms with van der Waals surface area (Å²) < 4.78 is 5.44. The molecule has 27 nitrogen and oxygen atoms in total. The van der Waals surface area contributed by atoms with Crippen molar-refractivity contribution in [3.8, 4) is 50.9 Å². The SMILES string of the molecule is CCc1ccc2c(c1)NC(=S)Cc1cnc(Nc3cc(CCCN(C)C)cnc3C)nc1-2.COc1ncc(Nc2ncc3c(n2)-c2ccc(Cl)cc2NC(=S)C3)cc1CCCN(C)C.Cc1nc(N2CCCC(N(C)C)C2)ccc1Nc1ncc2c(n1)-c1ccc(Cl)cc1NC(=S)C2.Cc1ncc(CCN2CCN(C)CC2)cc1Nc1ncc2c(n1)-c1ccc(Cl)cc1NC(=S)C2. The van der Waals surface area contributed by atoms with Crippen LogP contribution in [-0.2, 0) is 51.4 Å². The molecule has 8 N–H and O–H groups in total. The number of benzene rings is 4. The van der Waals surface area contributed by atoms with E-state index in [1.165, 1.54) is 29.5 Å². The standard InChI is InChI=1S/2C25H28ClN7S.C25H30N6S.C23H25ClN6OS/c1-15-20(8-9-22(28-15)33-10-4-5-18(14-33)32(2)3)30-25-27-13-16-11-23(34)29-21-12-17(26)6-7-19(21)24(16)31-25;1-16-21(11-17(14-27-16)5-6-33-9-7-32(2)8-10-33)30-25-28-15-18-12-23(34)29-22-13-19(26)3-4-20(22)24(18)31-25;1-5-17-8-9-20-22(11-17)28-23(32)13-19-15-27-25(30-24(19)20)29-21-12-18(14-26-16(21)2)7-6-10-31(3)4;1-30(2)8-4-5-14-9-17(13-25-22(14)31-3)27-23-26-12-15-10-20(32)28-19-11-16(24)6-7-18(19)21(15)29-23/h6-9,12-13,18H,4-5,10-11,14H2,1-3H3,(H,29,34)(H,27,30,31);3-4,11,13-15H,5-10,12H2,1-2H3,(H,29,34)(H,28,30,31);8-9,11-12,14-15H,5-7,10,13H2,1-4H3,(H,28,32)(H,27,29,30);6-7,9,11-13H,4-5,8,10H2,1-3H3,(H,28,32)(H,26,27,29). The van der Waals surface area contributed by atoms with E-state index in [-0.39, 0.29) is 0 Å². The van der Waals surface area contributed by atoms with Gasteiger partial charge in [-0.25, -0.2) is 49.8 Å². The summed E-state index contributed by atoms with van der Waals surface area (Å²) in [6, 6.07) is 34.6. The van der Waals surface area contributed by atoms with Gasteiger partial charge in [0.05, 0.1) is 95.9 Å². The molecule has 4 aromatic carbocycles. The van der Waals surface area contributed by atoms with Crippen LogP contribution in [0.2, 0.25) is 15.1 Å². The summed E-state index contributed by atoms with van der Waals surface area (Å²) in [6.07, 6.45) is 23.7. The van der Waals surface area contributed by atoms with Gasteiger partial charge in [-0.2, -0.15) is 0 Å². The van der Waals surface area contributed by atoms with Crippen LogP contribution in [-0.4, -0.2) is 226 Å². The minimum absolute atomic E-state index is 0.490. The normalized spacial score (nSPS) is 14.9. The molecular weight excluding hydrogens is 1790 g/mol. The first-order valence-corrected chi connectivity index (χ1v) is 47.2. The number of hydrogen-bond donors (Lipinski definition) is 8. The molecule has 0 spiro atoms. The summed E-state index contributed by atoms with van der Waals surface area (Å²) in [4.78, 5) is 73.1. The maximum absolute atomic E-state index is 6.22. The Morgan fingerprint density at radius 1 is 0.447 bits per heavy atom. The zero-order chi connectivity index (χ0) is 92.8. The van der Waals surface area contributed by atoms with E-state index in [2.05, 4.69) is 206 Å². The third-order valence-electron chi connectivity index (χ3n) is 23.8. The number of aromatic nitrogens is 12. The van der Waals surface area contributed by atoms with E-state index in [1.54, 1.807) is 13.3 Å². The fourth-order valence-corrected chi connectivity index (χ4v) is 18.0. The maximum atomic E-state index is 6.22. The Bertz CT molecular complexity index is 6260. The highest BCUT2D eigenvalue weighted by molar-refractivity contribution is 7.81. The van der Waals surface area contributed by atoms with E-state index in [0.29, 0.717) is 81.5 Å². The quantitative estimate of drug-likeness (QED) is 0.0276. The Morgan fingerprint density at radius 3 is 1.33 bits per heavy atom. The maximum Gasteiger partial charge on any atom is 0.227 e. The number of likely N-dealkylation sites (N-methyl/N-ethyl adjacent to an activating group) is 2. The highest BCUT2D eigenvalue weighted by Crippen LogP contribution is 2.41. The number of fused-ring (bicyclic) bond motifs is 12. The number of hydrogen-bond acceptors (Lipinski definition) is 27. The summed E-state index contributed by atoms with van der Waals surface area (Å²) in [5, 5.41) is 28.6. The molecular formula is C98H111Cl3N26OS4. The average molecular weight is 1900 g/mol. The lowest BCUT2D eigenvalue weighted by atomic mass is 10.0. The first-order chi connectivity index (χ1) is 63.7. The van der Waals surface area contributed by atoms with E-state index < -0.39 is 0 Å². The van der Waals surface area contributed by atoms with E-state index in [9.17, 15) is 0 Å². The summed E-state index contributed by atoms with van der Waals surface area (Å²) in [6.45, 7) is 17.8. The number of methoxy groups -OCH3 is 1. The number of piperidine rings is 1. The second kappa shape index (κ2) is 44.1. The molecule has 6 aliphatic heterocycles. The molecule has 0 saturated carbocycles. The predicted molar refractivity (Wildman–Crippen MR) is 555 cm³/mol. The van der Waals surface area contributed by atoms with Crippen molar-refractivity contribution in [2.24, 2.45) is 0 Å². The summed E-state index contributed by atoms with van der Waals surface area (Å²) in [5.74, 6) is 3.77. The predicted octanol–water partition coefficient (Wildman–Crippen LogP) is 19.1. The molecule has 132 heavy (non-hydrogen) atoms. The molecule has 1 unspecified atom stereocenters. The average Bonchev–Trinajstić information content (AvgIpc) is 1.61. The van der Waals surface area contributed by atoms with Crippen LogP contribution in [0.1, 0.15) is 94.2 Å². The molecule has 684 valence electrons. The Hall–Kier alpha value is -11.2. The number of halogens is 3. The second-order valence-corrected chi connectivity index (χ2v) is 37.8. The molecule has 2 saturated heterocycles. The molecule has 18 rings (SSSR count). The molecule has 2 fully saturated rings. The molecule has 8 aromatic heterocycles. The molecule has 1 atom stereocenters. The Balaban J connectivity index is 0.000000135. The van der Waals surface area contributed by atoms with Gasteiger partial charge in [-0.05, 0) is 242 Å².